The zero-order valence-corrected chi connectivity index (χ0v) is 23.3. The lowest BCUT2D eigenvalue weighted by atomic mass is 10.0. The van der Waals surface area contributed by atoms with E-state index in [1.165, 1.54) is 61.9 Å². The van der Waals surface area contributed by atoms with Crippen LogP contribution in [0.3, 0.4) is 0 Å². The van der Waals surface area contributed by atoms with Crippen LogP contribution < -0.4 is 9.80 Å². The molecule has 0 radical (unpaired) electrons. The molecule has 0 unspecified atom stereocenters. The molecule has 0 aliphatic carbocycles. The van der Waals surface area contributed by atoms with Crippen LogP contribution in [0.5, 0.6) is 0 Å². The first-order valence-corrected chi connectivity index (χ1v) is 14.4. The number of nitrogens with zero attached hydrogens (tertiary/aromatic N) is 6. The number of halogens is 4. The van der Waals surface area contributed by atoms with Crippen LogP contribution in [0, 0.1) is 0 Å². The maximum Gasteiger partial charge on any atom is 0.301 e. The molecule has 0 saturated carbocycles. The van der Waals surface area contributed by atoms with E-state index in [4.69, 9.17) is 0 Å². The molecule has 6 nitrogen and oxygen atoms in total. The van der Waals surface area contributed by atoms with Crippen LogP contribution >= 0.6 is 0 Å². The minimum atomic E-state index is -3.07. The van der Waals surface area contributed by atoms with Gasteiger partial charge in [0.15, 0.2) is 0 Å². The van der Waals surface area contributed by atoms with Crippen molar-refractivity contribution in [3.05, 3.63) is 108 Å². The second-order valence-electron chi connectivity index (χ2n) is 10.5. The quantitative estimate of drug-likeness (QED) is 0.225. The molecule has 4 heterocycles. The lowest BCUT2D eigenvalue weighted by molar-refractivity contribution is 0.0415. The van der Waals surface area contributed by atoms with Crippen molar-refractivity contribution in [3.63, 3.8) is 0 Å². The lowest BCUT2D eigenvalue weighted by Gasteiger charge is -2.26. The Labute approximate surface area is 243 Å². The second kappa shape index (κ2) is 13.3. The third kappa shape index (κ3) is 6.86. The van der Waals surface area contributed by atoms with Crippen LogP contribution in [0.25, 0.3) is 0 Å². The molecule has 0 amide bonds. The predicted octanol–water partition coefficient (Wildman–Crippen LogP) is 7.21. The number of aromatic nitrogens is 4. The van der Waals surface area contributed by atoms with E-state index in [0.717, 1.165) is 51.9 Å². The maximum absolute atomic E-state index is 14.4. The van der Waals surface area contributed by atoms with Crippen LogP contribution in [-0.4, -0.2) is 46.1 Å². The Morgan fingerprint density at radius 3 is 1.05 bits per heavy atom. The molecule has 4 aromatic rings. The second-order valence-corrected chi connectivity index (χ2v) is 10.5. The van der Waals surface area contributed by atoms with Gasteiger partial charge in [0.1, 0.15) is 0 Å². The average molecular weight is 579 g/mol. The Balaban J connectivity index is 0.000000168. The highest BCUT2D eigenvalue weighted by Gasteiger charge is 2.35. The third-order valence-corrected chi connectivity index (χ3v) is 7.55. The minimum absolute atomic E-state index is 0.0423. The summed E-state index contributed by atoms with van der Waals surface area (Å²) < 4.78 is 57.5. The van der Waals surface area contributed by atoms with E-state index in [9.17, 15) is 17.6 Å². The van der Waals surface area contributed by atoms with E-state index in [-0.39, 0.29) is 22.3 Å². The topological polar surface area (TPSA) is 58.0 Å². The summed E-state index contributed by atoms with van der Waals surface area (Å²) in [5.41, 5.74) is -0.428. The Morgan fingerprint density at radius 2 is 0.738 bits per heavy atom. The van der Waals surface area contributed by atoms with Gasteiger partial charge in [-0.05, 0) is 38.5 Å². The number of anilines is 2. The van der Waals surface area contributed by atoms with Crippen molar-refractivity contribution in [2.75, 3.05) is 36.0 Å². The van der Waals surface area contributed by atoms with E-state index in [2.05, 4.69) is 19.9 Å². The molecule has 2 saturated heterocycles. The number of piperidine rings is 2. The van der Waals surface area contributed by atoms with Crippen molar-refractivity contribution < 1.29 is 17.6 Å². The SMILES string of the molecule is FC(F)(c1ccccc1)c1cnc(N2CCCCC2)nc1.FC(F)(c1ccccc1)c1cnc(N2CCCCC2)nc1. The number of benzene rings is 2. The molecule has 0 spiro atoms. The van der Waals surface area contributed by atoms with Gasteiger partial charge in [-0.15, -0.1) is 0 Å². The van der Waals surface area contributed by atoms with Crippen molar-refractivity contribution in [1.82, 2.24) is 19.9 Å². The normalized spacial score (nSPS) is 16.0. The summed E-state index contributed by atoms with van der Waals surface area (Å²) in [6.45, 7) is 3.59. The van der Waals surface area contributed by atoms with Crippen LogP contribution in [-0.2, 0) is 11.8 Å². The average Bonchev–Trinajstić information content (AvgIpc) is 3.07. The molecule has 0 bridgehead atoms. The van der Waals surface area contributed by atoms with E-state index < -0.39 is 11.8 Å². The summed E-state index contributed by atoms with van der Waals surface area (Å²) in [5.74, 6) is -5.05. The Morgan fingerprint density at radius 1 is 0.429 bits per heavy atom. The summed E-state index contributed by atoms with van der Waals surface area (Å²) in [6, 6.07) is 15.5. The molecule has 2 aliphatic heterocycles. The Bertz CT molecular complexity index is 1270. The first-order valence-electron chi connectivity index (χ1n) is 14.4. The van der Waals surface area contributed by atoms with Gasteiger partial charge >= 0.3 is 11.8 Å². The summed E-state index contributed by atoms with van der Waals surface area (Å²) in [5, 5.41) is 0. The third-order valence-electron chi connectivity index (χ3n) is 7.55. The maximum atomic E-state index is 14.4. The van der Waals surface area contributed by atoms with E-state index in [1.54, 1.807) is 36.4 Å². The van der Waals surface area contributed by atoms with Gasteiger partial charge in [-0.25, -0.2) is 19.9 Å². The molecular formula is C32H34F4N6. The molecule has 220 valence electrons. The minimum Gasteiger partial charge on any atom is -0.341 e. The summed E-state index contributed by atoms with van der Waals surface area (Å²) in [4.78, 5) is 20.6. The van der Waals surface area contributed by atoms with E-state index >= 15 is 0 Å². The van der Waals surface area contributed by atoms with Gasteiger partial charge in [-0.2, -0.15) is 17.6 Å². The summed E-state index contributed by atoms with van der Waals surface area (Å²) in [6.07, 6.45) is 11.8. The molecule has 10 heteroatoms. The number of hydrogen-bond donors (Lipinski definition) is 0. The van der Waals surface area contributed by atoms with Crippen molar-refractivity contribution in [3.8, 4) is 0 Å². The van der Waals surface area contributed by atoms with Crippen molar-refractivity contribution in [1.29, 1.82) is 0 Å². The predicted molar refractivity (Wildman–Crippen MR) is 155 cm³/mol. The number of alkyl halides is 4. The largest absolute Gasteiger partial charge is 0.341 e. The van der Waals surface area contributed by atoms with Crippen LogP contribution in [0.2, 0.25) is 0 Å². The van der Waals surface area contributed by atoms with Gasteiger partial charge < -0.3 is 9.80 Å². The zero-order chi connectivity index (χ0) is 29.4. The van der Waals surface area contributed by atoms with Crippen LogP contribution in [0.1, 0.15) is 60.8 Å². The van der Waals surface area contributed by atoms with Crippen molar-refractivity contribution >= 4 is 11.9 Å². The first kappa shape index (κ1) is 29.4. The zero-order valence-electron chi connectivity index (χ0n) is 23.3. The summed E-state index contributed by atoms with van der Waals surface area (Å²) in [7, 11) is 0. The molecule has 6 rings (SSSR count). The smallest absolute Gasteiger partial charge is 0.301 e. The molecule has 2 aromatic heterocycles. The molecule has 2 aromatic carbocycles. The Hall–Kier alpha value is -4.08. The van der Waals surface area contributed by atoms with Gasteiger partial charge in [-0.1, -0.05) is 60.7 Å². The van der Waals surface area contributed by atoms with Gasteiger partial charge in [0.2, 0.25) is 11.9 Å². The van der Waals surface area contributed by atoms with Crippen molar-refractivity contribution in [2.24, 2.45) is 0 Å². The highest BCUT2D eigenvalue weighted by molar-refractivity contribution is 5.36. The van der Waals surface area contributed by atoms with Gasteiger partial charge in [0.05, 0.1) is 11.1 Å². The molecule has 2 fully saturated rings. The molecule has 42 heavy (non-hydrogen) atoms. The van der Waals surface area contributed by atoms with Gasteiger partial charge in [0.25, 0.3) is 0 Å². The van der Waals surface area contributed by atoms with E-state index in [0.29, 0.717) is 11.9 Å². The van der Waals surface area contributed by atoms with Crippen molar-refractivity contribution in [2.45, 2.75) is 50.4 Å². The molecule has 0 N–H and O–H groups in total. The fourth-order valence-corrected chi connectivity index (χ4v) is 5.11. The highest BCUT2D eigenvalue weighted by atomic mass is 19.3. The molecule has 2 aliphatic rings. The fraction of sp³-hybridized carbons (Fsp3) is 0.375. The fourth-order valence-electron chi connectivity index (χ4n) is 5.11. The van der Waals surface area contributed by atoms with Gasteiger partial charge in [-0.3, -0.25) is 0 Å². The van der Waals surface area contributed by atoms with Crippen LogP contribution in [0.15, 0.2) is 85.5 Å². The Kier molecular flexibility index (Phi) is 9.29. The molecule has 0 atom stereocenters. The number of rotatable bonds is 6. The number of hydrogen-bond acceptors (Lipinski definition) is 6. The highest BCUT2D eigenvalue weighted by Crippen LogP contribution is 2.36. The van der Waals surface area contributed by atoms with Crippen LogP contribution in [0.4, 0.5) is 29.5 Å². The van der Waals surface area contributed by atoms with E-state index in [1.807, 2.05) is 9.80 Å². The summed E-state index contributed by atoms with van der Waals surface area (Å²) >= 11 is 0. The standard InChI is InChI=1S/2C16H17F2N3/c2*17-16(18,13-7-3-1-4-8-13)14-11-19-15(20-12-14)21-9-5-2-6-10-21/h2*1,3-4,7-8,11-12H,2,5-6,9-10H2. The monoisotopic (exact) mass is 578 g/mol. The van der Waals surface area contributed by atoms with Gasteiger partial charge in [0, 0.05) is 62.1 Å². The lowest BCUT2D eigenvalue weighted by Crippen LogP contribution is -2.31. The molecular weight excluding hydrogens is 544 g/mol. The first-order chi connectivity index (χ1) is 20.4.